The largest absolute Gasteiger partial charge is 0.416 e. The summed E-state index contributed by atoms with van der Waals surface area (Å²) < 4.78 is 39.2. The van der Waals surface area contributed by atoms with Gasteiger partial charge in [0.15, 0.2) is 0 Å². The molecule has 24 heavy (non-hydrogen) atoms. The molecule has 0 unspecified atom stereocenters. The number of rotatable bonds is 5. The number of amides is 1. The lowest BCUT2D eigenvalue weighted by Crippen LogP contribution is -2.22. The third-order valence-corrected chi connectivity index (χ3v) is 3.76. The van der Waals surface area contributed by atoms with E-state index in [1.54, 1.807) is 38.2 Å². The van der Waals surface area contributed by atoms with Gasteiger partial charge in [-0.2, -0.15) is 13.2 Å². The number of halogens is 3. The maximum absolute atomic E-state index is 13.1. The highest BCUT2D eigenvalue weighted by Gasteiger charge is 2.33. The van der Waals surface area contributed by atoms with Crippen LogP contribution in [-0.4, -0.2) is 13.0 Å². The molecule has 0 saturated carbocycles. The maximum atomic E-state index is 13.1. The predicted molar refractivity (Wildman–Crippen MR) is 86.5 cm³/mol. The normalized spacial score (nSPS) is 12.7. The van der Waals surface area contributed by atoms with E-state index in [0.29, 0.717) is 12.1 Å². The Morgan fingerprint density at radius 2 is 1.83 bits per heavy atom. The van der Waals surface area contributed by atoms with Gasteiger partial charge in [0.1, 0.15) is 0 Å². The van der Waals surface area contributed by atoms with Crippen LogP contribution in [0.2, 0.25) is 0 Å². The van der Waals surface area contributed by atoms with Crippen LogP contribution in [0.15, 0.2) is 48.5 Å². The van der Waals surface area contributed by atoms with E-state index >= 15 is 0 Å². The van der Waals surface area contributed by atoms with E-state index < -0.39 is 17.8 Å². The third kappa shape index (κ3) is 4.35. The van der Waals surface area contributed by atoms with Gasteiger partial charge < -0.3 is 10.6 Å². The Balaban J connectivity index is 2.12. The highest BCUT2D eigenvalue weighted by atomic mass is 19.4. The van der Waals surface area contributed by atoms with E-state index in [-0.39, 0.29) is 11.5 Å². The lowest BCUT2D eigenvalue weighted by Gasteiger charge is -2.19. The van der Waals surface area contributed by atoms with E-state index in [1.807, 2.05) is 6.07 Å². The molecule has 2 aromatic carbocycles. The van der Waals surface area contributed by atoms with Gasteiger partial charge in [-0.25, -0.2) is 0 Å². The lowest BCUT2D eigenvalue weighted by atomic mass is 10.0. The van der Waals surface area contributed by atoms with Gasteiger partial charge in [0, 0.05) is 25.2 Å². The smallest absolute Gasteiger partial charge is 0.355 e. The molecule has 1 atom stereocenters. The summed E-state index contributed by atoms with van der Waals surface area (Å²) in [6.45, 7) is 2.05. The zero-order valence-electron chi connectivity index (χ0n) is 13.4. The Kier molecular flexibility index (Phi) is 5.62. The van der Waals surface area contributed by atoms with Crippen LogP contribution in [0, 0.1) is 0 Å². The van der Waals surface area contributed by atoms with Gasteiger partial charge >= 0.3 is 6.18 Å². The fourth-order valence-electron chi connectivity index (χ4n) is 2.48. The number of carbonyl (C=O) groups is 1. The van der Waals surface area contributed by atoms with Crippen molar-refractivity contribution in [2.24, 2.45) is 0 Å². The molecule has 0 saturated heterocycles. The van der Waals surface area contributed by atoms with Crippen LogP contribution in [0.1, 0.15) is 40.0 Å². The average molecular weight is 336 g/mol. The van der Waals surface area contributed by atoms with E-state index in [0.717, 1.165) is 11.6 Å². The van der Waals surface area contributed by atoms with Gasteiger partial charge in [-0.3, -0.25) is 4.79 Å². The van der Waals surface area contributed by atoms with E-state index in [1.165, 1.54) is 12.1 Å². The number of nitrogens with one attached hydrogen (secondary N) is 2. The summed E-state index contributed by atoms with van der Waals surface area (Å²) >= 11 is 0. The van der Waals surface area contributed by atoms with Crippen LogP contribution >= 0.6 is 0 Å². The van der Waals surface area contributed by atoms with Crippen molar-refractivity contribution in [1.29, 1.82) is 0 Å². The van der Waals surface area contributed by atoms with Crippen molar-refractivity contribution in [2.75, 3.05) is 7.05 Å². The quantitative estimate of drug-likeness (QED) is 0.869. The van der Waals surface area contributed by atoms with Gasteiger partial charge in [0.05, 0.1) is 5.56 Å². The molecule has 0 bridgehead atoms. The minimum absolute atomic E-state index is 0.201. The first-order valence-electron chi connectivity index (χ1n) is 7.53. The second-order valence-electron chi connectivity index (χ2n) is 5.47. The lowest BCUT2D eigenvalue weighted by molar-refractivity contribution is -0.138. The molecular weight excluding hydrogens is 317 g/mol. The molecule has 1 amide bonds. The van der Waals surface area contributed by atoms with E-state index in [4.69, 9.17) is 0 Å². The van der Waals surface area contributed by atoms with Crippen molar-refractivity contribution in [1.82, 2.24) is 10.6 Å². The highest BCUT2D eigenvalue weighted by Crippen LogP contribution is 2.34. The molecule has 0 aliphatic heterocycles. The minimum Gasteiger partial charge on any atom is -0.355 e. The van der Waals surface area contributed by atoms with Crippen LogP contribution in [-0.2, 0) is 12.7 Å². The summed E-state index contributed by atoms with van der Waals surface area (Å²) in [6.07, 6.45) is -4.38. The average Bonchev–Trinajstić information content (AvgIpc) is 2.58. The molecule has 0 aromatic heterocycles. The van der Waals surface area contributed by atoms with Gasteiger partial charge in [0.2, 0.25) is 0 Å². The highest BCUT2D eigenvalue weighted by molar-refractivity contribution is 5.94. The fraction of sp³-hybridized carbons (Fsp3) is 0.278. The first kappa shape index (κ1) is 18.0. The van der Waals surface area contributed by atoms with Crippen LogP contribution < -0.4 is 10.6 Å². The molecule has 0 aliphatic rings. The van der Waals surface area contributed by atoms with Crippen molar-refractivity contribution >= 4 is 5.91 Å². The van der Waals surface area contributed by atoms with Crippen LogP contribution in [0.25, 0.3) is 0 Å². The number of benzene rings is 2. The number of carbonyl (C=O) groups excluding carboxylic acids is 1. The summed E-state index contributed by atoms with van der Waals surface area (Å²) in [6, 6.07) is 12.0. The molecule has 0 aliphatic carbocycles. The minimum atomic E-state index is -4.38. The first-order valence-corrected chi connectivity index (χ1v) is 7.53. The Morgan fingerprint density at radius 1 is 1.12 bits per heavy atom. The second kappa shape index (κ2) is 7.49. The summed E-state index contributed by atoms with van der Waals surface area (Å²) in [5.74, 6) is -0.202. The van der Waals surface area contributed by atoms with Gasteiger partial charge in [0.25, 0.3) is 5.91 Å². The summed E-state index contributed by atoms with van der Waals surface area (Å²) in [5, 5.41) is 5.62. The van der Waals surface area contributed by atoms with Gasteiger partial charge in [-0.05, 0) is 36.2 Å². The molecule has 0 fully saturated rings. The SMILES string of the molecule is CNC(=O)c1cccc(CN[C@H](C)c2ccccc2C(F)(F)F)c1. The topological polar surface area (TPSA) is 41.1 Å². The Hall–Kier alpha value is -2.34. The molecule has 2 rings (SSSR count). The molecule has 2 aromatic rings. The predicted octanol–water partition coefficient (Wildman–Crippen LogP) is 3.92. The summed E-state index contributed by atoms with van der Waals surface area (Å²) in [7, 11) is 1.55. The standard InChI is InChI=1S/C18H19F3N2O/c1-12(15-8-3-4-9-16(15)18(19,20)21)23-11-13-6-5-7-14(10-13)17(24)22-2/h3-10,12,23H,11H2,1-2H3,(H,22,24)/t12-/m1/s1. The van der Waals surface area contributed by atoms with Crippen LogP contribution in [0.5, 0.6) is 0 Å². The van der Waals surface area contributed by atoms with E-state index in [9.17, 15) is 18.0 Å². The molecule has 0 heterocycles. The second-order valence-corrected chi connectivity index (χ2v) is 5.47. The number of hydrogen-bond acceptors (Lipinski definition) is 2. The van der Waals surface area contributed by atoms with E-state index in [2.05, 4.69) is 10.6 Å². The number of alkyl halides is 3. The maximum Gasteiger partial charge on any atom is 0.416 e. The van der Waals surface area contributed by atoms with Crippen molar-refractivity contribution in [3.05, 3.63) is 70.8 Å². The van der Waals surface area contributed by atoms with Gasteiger partial charge in [-0.1, -0.05) is 30.3 Å². The van der Waals surface area contributed by atoms with Crippen molar-refractivity contribution in [3.63, 3.8) is 0 Å². The molecule has 3 nitrogen and oxygen atoms in total. The van der Waals surface area contributed by atoms with Crippen molar-refractivity contribution in [3.8, 4) is 0 Å². The molecular formula is C18H19F3N2O. The summed E-state index contributed by atoms with van der Waals surface area (Å²) in [5.41, 5.74) is 0.907. The Morgan fingerprint density at radius 3 is 2.50 bits per heavy atom. The molecule has 0 spiro atoms. The van der Waals surface area contributed by atoms with Crippen LogP contribution in [0.3, 0.4) is 0 Å². The van der Waals surface area contributed by atoms with Gasteiger partial charge in [-0.15, -0.1) is 0 Å². The molecule has 128 valence electrons. The third-order valence-electron chi connectivity index (χ3n) is 3.76. The Labute approximate surface area is 138 Å². The van der Waals surface area contributed by atoms with Crippen molar-refractivity contribution in [2.45, 2.75) is 25.7 Å². The monoisotopic (exact) mass is 336 g/mol. The summed E-state index contributed by atoms with van der Waals surface area (Å²) in [4.78, 5) is 11.6. The zero-order chi connectivity index (χ0) is 17.7. The molecule has 0 radical (unpaired) electrons. The van der Waals surface area contributed by atoms with Crippen LogP contribution in [0.4, 0.5) is 13.2 Å². The Bertz CT molecular complexity index is 713. The molecule has 6 heteroatoms. The molecule has 2 N–H and O–H groups in total. The first-order chi connectivity index (χ1) is 11.3. The zero-order valence-corrected chi connectivity index (χ0v) is 13.4. The van der Waals surface area contributed by atoms with Crippen molar-refractivity contribution < 1.29 is 18.0 Å². The fourth-order valence-corrected chi connectivity index (χ4v) is 2.48. The number of hydrogen-bond donors (Lipinski definition) is 2.